The number of benzene rings is 1. The summed E-state index contributed by atoms with van der Waals surface area (Å²) in [4.78, 5) is 11.6. The van der Waals surface area contributed by atoms with Crippen LogP contribution in [0.5, 0.6) is 0 Å². The summed E-state index contributed by atoms with van der Waals surface area (Å²) in [6.45, 7) is 4.16. The van der Waals surface area contributed by atoms with Crippen molar-refractivity contribution < 1.29 is 9.53 Å². The molecular weight excluding hydrogens is 242 g/mol. The molecule has 1 aromatic carbocycles. The first kappa shape index (κ1) is 13.1. The molecule has 0 unspecified atom stereocenters. The molecule has 100 valence electrons. The van der Waals surface area contributed by atoms with E-state index in [0.717, 1.165) is 11.4 Å². The molecule has 0 fully saturated rings. The van der Waals surface area contributed by atoms with Crippen LogP contribution in [-0.4, -0.2) is 22.9 Å². The molecule has 5 heteroatoms. The van der Waals surface area contributed by atoms with Crippen LogP contribution in [0.25, 0.3) is 5.69 Å². The van der Waals surface area contributed by atoms with Crippen molar-refractivity contribution in [1.29, 1.82) is 0 Å². The van der Waals surface area contributed by atoms with E-state index in [1.807, 2.05) is 18.3 Å². The molecule has 1 heterocycles. The van der Waals surface area contributed by atoms with Gasteiger partial charge in [0.2, 0.25) is 0 Å². The Morgan fingerprint density at radius 3 is 2.68 bits per heavy atom. The Bertz CT molecular complexity index is 602. The second-order valence-corrected chi connectivity index (χ2v) is 4.60. The van der Waals surface area contributed by atoms with E-state index in [1.165, 1.54) is 7.11 Å². The normalized spacial score (nSPS) is 10.7. The quantitative estimate of drug-likeness (QED) is 0.678. The third-order valence-electron chi connectivity index (χ3n) is 2.91. The molecule has 2 N–H and O–H groups in total. The van der Waals surface area contributed by atoms with Crippen LogP contribution in [-0.2, 0) is 4.74 Å². The molecule has 0 aliphatic heterocycles. The lowest BCUT2D eigenvalue weighted by Crippen LogP contribution is -2.07. The van der Waals surface area contributed by atoms with E-state index < -0.39 is 5.97 Å². The van der Waals surface area contributed by atoms with Crippen LogP contribution in [0.3, 0.4) is 0 Å². The van der Waals surface area contributed by atoms with E-state index in [0.29, 0.717) is 17.2 Å². The predicted octanol–water partition coefficient (Wildman–Crippen LogP) is 2.36. The highest BCUT2D eigenvalue weighted by Gasteiger charge is 2.12. The molecule has 0 aliphatic rings. The average Bonchev–Trinajstić information content (AvgIpc) is 2.88. The number of nitrogen functional groups attached to an aromatic ring is 1. The molecule has 0 spiro atoms. The molecule has 2 rings (SSSR count). The number of carbonyl (C=O) groups is 1. The van der Waals surface area contributed by atoms with Crippen molar-refractivity contribution in [3.8, 4) is 5.69 Å². The minimum Gasteiger partial charge on any atom is -0.465 e. The van der Waals surface area contributed by atoms with Crippen molar-refractivity contribution in [2.45, 2.75) is 19.8 Å². The number of carbonyl (C=O) groups excluding carboxylic acids is 1. The summed E-state index contributed by atoms with van der Waals surface area (Å²) in [6, 6.07) is 7.13. The fraction of sp³-hybridized carbons (Fsp3) is 0.286. The Kier molecular flexibility index (Phi) is 3.55. The van der Waals surface area contributed by atoms with Crippen LogP contribution in [0.1, 0.15) is 35.8 Å². The van der Waals surface area contributed by atoms with Crippen molar-refractivity contribution in [1.82, 2.24) is 9.78 Å². The zero-order valence-electron chi connectivity index (χ0n) is 11.3. The van der Waals surface area contributed by atoms with Gasteiger partial charge in [-0.2, -0.15) is 5.10 Å². The maximum atomic E-state index is 11.6. The van der Waals surface area contributed by atoms with Gasteiger partial charge in [-0.25, -0.2) is 9.48 Å². The van der Waals surface area contributed by atoms with Crippen molar-refractivity contribution in [2.24, 2.45) is 0 Å². The van der Waals surface area contributed by atoms with E-state index >= 15 is 0 Å². The standard InChI is InChI=1S/C14H17N3O2/c1-9(2)13-6-7-17(16-13)10-4-5-12(15)11(8-10)14(18)19-3/h4-9H,15H2,1-3H3. The number of aromatic nitrogens is 2. The largest absolute Gasteiger partial charge is 0.465 e. The van der Waals surface area contributed by atoms with Gasteiger partial charge in [0.15, 0.2) is 0 Å². The number of hydrogen-bond donors (Lipinski definition) is 1. The number of nitrogens with zero attached hydrogens (tertiary/aromatic N) is 2. The van der Waals surface area contributed by atoms with Crippen molar-refractivity contribution >= 4 is 11.7 Å². The third-order valence-corrected chi connectivity index (χ3v) is 2.91. The highest BCUT2D eigenvalue weighted by Crippen LogP contribution is 2.19. The van der Waals surface area contributed by atoms with Gasteiger partial charge in [0.25, 0.3) is 0 Å². The summed E-state index contributed by atoms with van der Waals surface area (Å²) in [6.07, 6.45) is 1.86. The van der Waals surface area contributed by atoms with Gasteiger partial charge in [-0.05, 0) is 30.2 Å². The Morgan fingerprint density at radius 2 is 2.11 bits per heavy atom. The Morgan fingerprint density at radius 1 is 1.37 bits per heavy atom. The number of esters is 1. The molecule has 0 aliphatic carbocycles. The lowest BCUT2D eigenvalue weighted by atomic mass is 10.1. The van der Waals surface area contributed by atoms with Crippen LogP contribution in [0, 0.1) is 0 Å². The second-order valence-electron chi connectivity index (χ2n) is 4.60. The lowest BCUT2D eigenvalue weighted by Gasteiger charge is -2.07. The monoisotopic (exact) mass is 259 g/mol. The Hall–Kier alpha value is -2.30. The van der Waals surface area contributed by atoms with Crippen molar-refractivity contribution in [3.05, 3.63) is 41.7 Å². The maximum Gasteiger partial charge on any atom is 0.340 e. The van der Waals surface area contributed by atoms with Crippen LogP contribution < -0.4 is 5.73 Å². The number of ether oxygens (including phenoxy) is 1. The molecule has 5 nitrogen and oxygen atoms in total. The molecule has 0 amide bonds. The molecule has 0 atom stereocenters. The summed E-state index contributed by atoms with van der Waals surface area (Å²) in [5.74, 6) is -0.0919. The minimum absolute atomic E-state index is 0.349. The fourth-order valence-corrected chi connectivity index (χ4v) is 1.76. The second kappa shape index (κ2) is 5.14. The zero-order chi connectivity index (χ0) is 14.0. The Labute approximate surface area is 112 Å². The number of nitrogens with two attached hydrogens (primary N) is 1. The van der Waals surface area contributed by atoms with E-state index in [-0.39, 0.29) is 0 Å². The summed E-state index contributed by atoms with van der Waals surface area (Å²) in [5.41, 5.74) is 8.29. The average molecular weight is 259 g/mol. The van der Waals surface area contributed by atoms with Crippen LogP contribution in [0.4, 0.5) is 5.69 Å². The van der Waals surface area contributed by atoms with Gasteiger partial charge in [0.05, 0.1) is 24.1 Å². The summed E-state index contributed by atoms with van der Waals surface area (Å²) in [7, 11) is 1.33. The number of methoxy groups -OCH3 is 1. The summed E-state index contributed by atoms with van der Waals surface area (Å²) >= 11 is 0. The first-order valence-electron chi connectivity index (χ1n) is 6.06. The maximum absolute atomic E-state index is 11.6. The van der Waals surface area contributed by atoms with E-state index in [9.17, 15) is 4.79 Å². The molecule has 0 radical (unpaired) electrons. The predicted molar refractivity (Wildman–Crippen MR) is 73.4 cm³/mol. The van der Waals surface area contributed by atoms with Gasteiger partial charge in [0.1, 0.15) is 0 Å². The molecule has 0 saturated carbocycles. The molecule has 0 bridgehead atoms. The molecule has 0 saturated heterocycles. The minimum atomic E-state index is -0.449. The van der Waals surface area contributed by atoms with Crippen molar-refractivity contribution in [3.63, 3.8) is 0 Å². The molecule has 2 aromatic rings. The Balaban J connectivity index is 2.42. The first-order chi connectivity index (χ1) is 9.02. The van der Waals surface area contributed by atoms with Gasteiger partial charge < -0.3 is 10.5 Å². The molecular formula is C14H17N3O2. The van der Waals surface area contributed by atoms with Crippen LogP contribution in [0.15, 0.2) is 30.5 Å². The van der Waals surface area contributed by atoms with Gasteiger partial charge in [0, 0.05) is 11.9 Å². The SMILES string of the molecule is COC(=O)c1cc(-n2ccc(C(C)C)n2)ccc1N. The van der Waals surface area contributed by atoms with Gasteiger partial charge in [-0.1, -0.05) is 13.8 Å². The summed E-state index contributed by atoms with van der Waals surface area (Å²) in [5, 5.41) is 4.46. The van der Waals surface area contributed by atoms with E-state index in [1.54, 1.807) is 16.8 Å². The van der Waals surface area contributed by atoms with Crippen LogP contribution >= 0.6 is 0 Å². The lowest BCUT2D eigenvalue weighted by molar-refractivity contribution is 0.0602. The highest BCUT2D eigenvalue weighted by molar-refractivity contribution is 5.95. The van der Waals surface area contributed by atoms with Crippen LogP contribution in [0.2, 0.25) is 0 Å². The third kappa shape index (κ3) is 2.59. The smallest absolute Gasteiger partial charge is 0.340 e. The number of anilines is 1. The number of hydrogen-bond acceptors (Lipinski definition) is 4. The molecule has 1 aromatic heterocycles. The van der Waals surface area contributed by atoms with Gasteiger partial charge >= 0.3 is 5.97 Å². The van der Waals surface area contributed by atoms with E-state index in [4.69, 9.17) is 10.5 Å². The van der Waals surface area contributed by atoms with E-state index in [2.05, 4.69) is 18.9 Å². The number of rotatable bonds is 3. The highest BCUT2D eigenvalue weighted by atomic mass is 16.5. The summed E-state index contributed by atoms with van der Waals surface area (Å²) < 4.78 is 6.43. The molecule has 19 heavy (non-hydrogen) atoms. The zero-order valence-corrected chi connectivity index (χ0v) is 11.3. The van der Waals surface area contributed by atoms with Gasteiger partial charge in [-0.3, -0.25) is 0 Å². The topological polar surface area (TPSA) is 70.1 Å². The van der Waals surface area contributed by atoms with Crippen molar-refractivity contribution in [2.75, 3.05) is 12.8 Å². The van der Waals surface area contributed by atoms with Gasteiger partial charge in [-0.15, -0.1) is 0 Å². The first-order valence-corrected chi connectivity index (χ1v) is 6.06. The fourth-order valence-electron chi connectivity index (χ4n) is 1.76.